The van der Waals surface area contributed by atoms with Crippen molar-refractivity contribution in [1.29, 1.82) is 0 Å². The summed E-state index contributed by atoms with van der Waals surface area (Å²) in [5, 5.41) is 8.17. The van der Waals surface area contributed by atoms with Crippen LogP contribution in [-0.2, 0) is 19.9 Å². The maximum atomic E-state index is 4.53. The van der Waals surface area contributed by atoms with E-state index < -0.39 is 0 Å². The highest BCUT2D eigenvalue weighted by molar-refractivity contribution is 5.10. The first-order valence-electron chi connectivity index (χ1n) is 7.44. The van der Waals surface area contributed by atoms with Crippen molar-refractivity contribution in [3.63, 3.8) is 0 Å². The Morgan fingerprint density at radius 2 is 2.33 bits per heavy atom. The first kappa shape index (κ1) is 13.6. The van der Waals surface area contributed by atoms with E-state index in [1.54, 1.807) is 0 Å². The zero-order valence-electron chi connectivity index (χ0n) is 12.1. The van der Waals surface area contributed by atoms with Gasteiger partial charge in [-0.25, -0.2) is 0 Å². The van der Waals surface area contributed by atoms with Gasteiger partial charge < -0.3 is 5.32 Å². The van der Waals surface area contributed by atoms with E-state index in [0.717, 1.165) is 24.8 Å². The molecule has 0 bridgehead atoms. The lowest BCUT2D eigenvalue weighted by atomic mass is 9.92. The Balaban J connectivity index is 1.85. The van der Waals surface area contributed by atoms with Crippen molar-refractivity contribution in [1.82, 2.24) is 15.1 Å². The largest absolute Gasteiger partial charge is 0.314 e. The van der Waals surface area contributed by atoms with E-state index in [0.29, 0.717) is 0 Å². The zero-order valence-corrected chi connectivity index (χ0v) is 12.1. The highest BCUT2D eigenvalue weighted by Gasteiger charge is 2.17. The van der Waals surface area contributed by atoms with Crippen LogP contribution in [0.15, 0.2) is 6.07 Å². The SMILES string of the molecule is CCc1cc(CC(C)CC2CCCCN2)n(C)n1. The van der Waals surface area contributed by atoms with E-state index in [2.05, 4.69) is 42.1 Å². The number of piperidine rings is 1. The van der Waals surface area contributed by atoms with Crippen LogP contribution in [0.4, 0.5) is 0 Å². The van der Waals surface area contributed by atoms with Gasteiger partial charge in [-0.05, 0) is 50.6 Å². The van der Waals surface area contributed by atoms with Gasteiger partial charge in [0.25, 0.3) is 0 Å². The molecule has 0 radical (unpaired) electrons. The van der Waals surface area contributed by atoms with Crippen LogP contribution in [0.3, 0.4) is 0 Å². The Hall–Kier alpha value is -0.830. The molecule has 1 aromatic heterocycles. The molecule has 0 spiro atoms. The van der Waals surface area contributed by atoms with E-state index in [1.165, 1.54) is 43.6 Å². The molecule has 0 amide bonds. The van der Waals surface area contributed by atoms with Gasteiger partial charge >= 0.3 is 0 Å². The van der Waals surface area contributed by atoms with E-state index >= 15 is 0 Å². The van der Waals surface area contributed by atoms with E-state index in [4.69, 9.17) is 0 Å². The summed E-state index contributed by atoms with van der Waals surface area (Å²) in [6, 6.07) is 3.01. The average Bonchev–Trinajstić information content (AvgIpc) is 2.71. The van der Waals surface area contributed by atoms with Gasteiger partial charge in [0.2, 0.25) is 0 Å². The van der Waals surface area contributed by atoms with Gasteiger partial charge in [-0.3, -0.25) is 4.68 Å². The third kappa shape index (κ3) is 3.58. The second kappa shape index (κ2) is 6.37. The van der Waals surface area contributed by atoms with Crippen LogP contribution in [0.2, 0.25) is 0 Å². The number of rotatable bonds is 5. The lowest BCUT2D eigenvalue weighted by Gasteiger charge is -2.26. The first-order chi connectivity index (χ1) is 8.69. The first-order valence-corrected chi connectivity index (χ1v) is 7.44. The van der Waals surface area contributed by atoms with Gasteiger partial charge in [0.1, 0.15) is 0 Å². The van der Waals surface area contributed by atoms with Gasteiger partial charge in [0.05, 0.1) is 5.69 Å². The molecule has 0 saturated carbocycles. The summed E-state index contributed by atoms with van der Waals surface area (Å²) in [6.07, 6.45) is 7.60. The van der Waals surface area contributed by atoms with Gasteiger partial charge in [-0.15, -0.1) is 0 Å². The Morgan fingerprint density at radius 1 is 1.50 bits per heavy atom. The Morgan fingerprint density at radius 3 is 2.94 bits per heavy atom. The molecule has 2 unspecified atom stereocenters. The summed E-state index contributed by atoms with van der Waals surface area (Å²) < 4.78 is 2.06. The number of aryl methyl sites for hydroxylation is 2. The molecular weight excluding hydrogens is 222 g/mol. The molecular formula is C15H27N3. The third-order valence-corrected chi connectivity index (χ3v) is 4.05. The molecule has 2 rings (SSSR count). The molecule has 18 heavy (non-hydrogen) atoms. The van der Waals surface area contributed by atoms with Crippen molar-refractivity contribution in [3.8, 4) is 0 Å². The van der Waals surface area contributed by atoms with E-state index in [1.807, 2.05) is 0 Å². The van der Waals surface area contributed by atoms with Crippen LogP contribution in [0.5, 0.6) is 0 Å². The summed E-state index contributed by atoms with van der Waals surface area (Å²) in [4.78, 5) is 0. The molecule has 0 aliphatic carbocycles. The van der Waals surface area contributed by atoms with Crippen molar-refractivity contribution >= 4 is 0 Å². The van der Waals surface area contributed by atoms with Gasteiger partial charge in [0.15, 0.2) is 0 Å². The number of hydrogen-bond acceptors (Lipinski definition) is 2. The topological polar surface area (TPSA) is 29.9 Å². The Labute approximate surface area is 111 Å². The predicted octanol–water partition coefficient (Wildman–Crippen LogP) is 2.69. The molecule has 0 aromatic carbocycles. The highest BCUT2D eigenvalue weighted by atomic mass is 15.3. The quantitative estimate of drug-likeness (QED) is 0.869. The second-order valence-corrected chi connectivity index (χ2v) is 5.80. The van der Waals surface area contributed by atoms with Crippen LogP contribution in [-0.4, -0.2) is 22.4 Å². The molecule has 1 fully saturated rings. The molecule has 102 valence electrons. The van der Waals surface area contributed by atoms with E-state index in [-0.39, 0.29) is 0 Å². The van der Waals surface area contributed by atoms with Crippen LogP contribution >= 0.6 is 0 Å². The van der Waals surface area contributed by atoms with Crippen molar-refractivity contribution < 1.29 is 0 Å². The second-order valence-electron chi connectivity index (χ2n) is 5.80. The van der Waals surface area contributed by atoms with Crippen LogP contribution in [0, 0.1) is 5.92 Å². The van der Waals surface area contributed by atoms with Crippen molar-refractivity contribution in [2.24, 2.45) is 13.0 Å². The zero-order chi connectivity index (χ0) is 13.0. The summed E-state index contributed by atoms with van der Waals surface area (Å²) in [6.45, 7) is 5.75. The molecule has 2 atom stereocenters. The monoisotopic (exact) mass is 249 g/mol. The fourth-order valence-corrected chi connectivity index (χ4v) is 2.99. The van der Waals surface area contributed by atoms with Crippen LogP contribution in [0.25, 0.3) is 0 Å². The fourth-order valence-electron chi connectivity index (χ4n) is 2.99. The number of hydrogen-bond donors (Lipinski definition) is 1. The number of nitrogens with zero attached hydrogens (tertiary/aromatic N) is 2. The Kier molecular flexibility index (Phi) is 4.81. The molecule has 1 N–H and O–H groups in total. The molecule has 1 aromatic rings. The number of nitrogens with one attached hydrogen (secondary N) is 1. The fraction of sp³-hybridized carbons (Fsp3) is 0.800. The molecule has 3 heteroatoms. The standard InChI is InChI=1S/C15H27N3/c1-4-13-11-15(18(3)17-13)10-12(2)9-14-7-5-6-8-16-14/h11-12,14,16H,4-10H2,1-3H3. The van der Waals surface area contributed by atoms with Gasteiger partial charge in [0, 0.05) is 18.8 Å². The van der Waals surface area contributed by atoms with Crippen molar-refractivity contribution in [3.05, 3.63) is 17.5 Å². The van der Waals surface area contributed by atoms with E-state index in [9.17, 15) is 0 Å². The minimum atomic E-state index is 0.737. The van der Waals surface area contributed by atoms with Crippen LogP contribution < -0.4 is 5.32 Å². The smallest absolute Gasteiger partial charge is 0.0624 e. The maximum absolute atomic E-state index is 4.53. The molecule has 1 aliphatic heterocycles. The lowest BCUT2D eigenvalue weighted by molar-refractivity contribution is 0.334. The molecule has 1 saturated heterocycles. The summed E-state index contributed by atoms with van der Waals surface area (Å²) in [5.74, 6) is 0.737. The van der Waals surface area contributed by atoms with Crippen molar-refractivity contribution in [2.75, 3.05) is 6.54 Å². The number of aromatic nitrogens is 2. The predicted molar refractivity (Wildman–Crippen MR) is 75.7 cm³/mol. The van der Waals surface area contributed by atoms with Crippen molar-refractivity contribution in [2.45, 2.75) is 58.4 Å². The van der Waals surface area contributed by atoms with Gasteiger partial charge in [-0.2, -0.15) is 5.10 Å². The normalized spacial score (nSPS) is 22.1. The summed E-state index contributed by atoms with van der Waals surface area (Å²) in [5.41, 5.74) is 2.60. The minimum absolute atomic E-state index is 0.737. The third-order valence-electron chi connectivity index (χ3n) is 4.05. The molecule has 1 aliphatic rings. The Bertz CT molecular complexity index is 364. The highest BCUT2D eigenvalue weighted by Crippen LogP contribution is 2.19. The van der Waals surface area contributed by atoms with Gasteiger partial charge in [-0.1, -0.05) is 20.3 Å². The summed E-state index contributed by atoms with van der Waals surface area (Å²) in [7, 11) is 2.07. The lowest BCUT2D eigenvalue weighted by Crippen LogP contribution is -2.35. The summed E-state index contributed by atoms with van der Waals surface area (Å²) >= 11 is 0. The average molecular weight is 249 g/mol. The minimum Gasteiger partial charge on any atom is -0.314 e. The molecule has 2 heterocycles. The maximum Gasteiger partial charge on any atom is 0.0624 e. The molecule has 3 nitrogen and oxygen atoms in total. The van der Waals surface area contributed by atoms with Crippen LogP contribution in [0.1, 0.15) is 50.9 Å².